The van der Waals surface area contributed by atoms with Gasteiger partial charge >= 0.3 is 0 Å². The smallest absolute Gasteiger partial charge is 0.290 e. The van der Waals surface area contributed by atoms with Crippen molar-refractivity contribution in [2.75, 3.05) is 31.1 Å². The van der Waals surface area contributed by atoms with Gasteiger partial charge < -0.3 is 10.2 Å². The molecule has 0 aromatic carbocycles. The van der Waals surface area contributed by atoms with Crippen molar-refractivity contribution in [2.45, 2.75) is 26.7 Å². The Balaban J connectivity index is 2.10. The lowest BCUT2D eigenvalue weighted by Gasteiger charge is -2.30. The van der Waals surface area contributed by atoms with E-state index in [0.29, 0.717) is 11.6 Å². The Morgan fingerprint density at radius 2 is 2.35 bits per heavy atom. The molecule has 0 aliphatic carbocycles. The van der Waals surface area contributed by atoms with Crippen LogP contribution in [0.4, 0.5) is 11.5 Å². The number of nitrogens with zero attached hydrogens (tertiary/aromatic N) is 3. The summed E-state index contributed by atoms with van der Waals surface area (Å²) in [5, 5.41) is 14.2. The molecule has 0 bridgehead atoms. The molecule has 1 fully saturated rings. The summed E-state index contributed by atoms with van der Waals surface area (Å²) < 4.78 is 0. The zero-order chi connectivity index (χ0) is 14.5. The van der Waals surface area contributed by atoms with E-state index in [1.165, 1.54) is 12.8 Å². The average molecular weight is 278 g/mol. The first-order chi connectivity index (χ1) is 9.61. The third-order valence-electron chi connectivity index (χ3n) is 3.82. The van der Waals surface area contributed by atoms with E-state index in [-0.39, 0.29) is 10.6 Å². The van der Waals surface area contributed by atoms with Gasteiger partial charge in [-0.15, -0.1) is 0 Å². The normalized spacial score (nSPS) is 18.8. The molecule has 1 atom stereocenters. The van der Waals surface area contributed by atoms with Crippen molar-refractivity contribution in [2.24, 2.45) is 5.92 Å². The van der Waals surface area contributed by atoms with Gasteiger partial charge in [0.25, 0.3) is 5.69 Å². The van der Waals surface area contributed by atoms with E-state index >= 15 is 0 Å². The summed E-state index contributed by atoms with van der Waals surface area (Å²) >= 11 is 0. The molecule has 20 heavy (non-hydrogen) atoms. The number of aryl methyl sites for hydroxylation is 1. The standard InChI is InChI=1S/C14H22N4O2/c1-3-17(10-12-5-4-8-15-9-12)14-7-6-13(18(19)20)11(2)16-14/h6-7,12,15H,3-5,8-10H2,1-2H3. The molecule has 1 aromatic heterocycles. The second-order valence-electron chi connectivity index (χ2n) is 5.28. The van der Waals surface area contributed by atoms with Gasteiger partial charge in [-0.25, -0.2) is 4.98 Å². The van der Waals surface area contributed by atoms with E-state index in [4.69, 9.17) is 0 Å². The van der Waals surface area contributed by atoms with Gasteiger partial charge in [0.1, 0.15) is 11.5 Å². The Morgan fingerprint density at radius 3 is 2.90 bits per heavy atom. The van der Waals surface area contributed by atoms with E-state index < -0.39 is 0 Å². The molecule has 2 rings (SSSR count). The molecular formula is C14H22N4O2. The van der Waals surface area contributed by atoms with Crippen molar-refractivity contribution < 1.29 is 4.92 Å². The van der Waals surface area contributed by atoms with Crippen LogP contribution in [0, 0.1) is 23.0 Å². The molecule has 0 saturated carbocycles. The number of hydrogen-bond acceptors (Lipinski definition) is 5. The highest BCUT2D eigenvalue weighted by atomic mass is 16.6. The fraction of sp³-hybridized carbons (Fsp3) is 0.643. The molecule has 1 N–H and O–H groups in total. The SMILES string of the molecule is CCN(CC1CCCNC1)c1ccc([N+](=O)[O-])c(C)n1. The first-order valence-electron chi connectivity index (χ1n) is 7.19. The van der Waals surface area contributed by atoms with Crippen LogP contribution in [0.25, 0.3) is 0 Å². The lowest BCUT2D eigenvalue weighted by Crippen LogP contribution is -2.38. The molecule has 1 aliphatic heterocycles. The Morgan fingerprint density at radius 1 is 1.55 bits per heavy atom. The second-order valence-corrected chi connectivity index (χ2v) is 5.28. The van der Waals surface area contributed by atoms with Crippen LogP contribution in [0.15, 0.2) is 12.1 Å². The van der Waals surface area contributed by atoms with Crippen molar-refractivity contribution in [1.29, 1.82) is 0 Å². The highest BCUT2D eigenvalue weighted by Gasteiger charge is 2.19. The zero-order valence-corrected chi connectivity index (χ0v) is 12.1. The third kappa shape index (κ3) is 3.45. The van der Waals surface area contributed by atoms with Gasteiger partial charge in [-0.3, -0.25) is 10.1 Å². The fourth-order valence-corrected chi connectivity index (χ4v) is 2.69. The summed E-state index contributed by atoms with van der Waals surface area (Å²) in [7, 11) is 0. The molecule has 1 unspecified atom stereocenters. The van der Waals surface area contributed by atoms with E-state index in [9.17, 15) is 10.1 Å². The molecule has 2 heterocycles. The van der Waals surface area contributed by atoms with Gasteiger partial charge in [0.2, 0.25) is 0 Å². The van der Waals surface area contributed by atoms with Crippen LogP contribution in [0.5, 0.6) is 0 Å². The van der Waals surface area contributed by atoms with Crippen LogP contribution in [-0.2, 0) is 0 Å². The predicted octanol–water partition coefficient (Wildman–Crippen LogP) is 2.12. The monoisotopic (exact) mass is 278 g/mol. The lowest BCUT2D eigenvalue weighted by molar-refractivity contribution is -0.385. The van der Waals surface area contributed by atoms with Crippen molar-refractivity contribution in [3.8, 4) is 0 Å². The molecular weight excluding hydrogens is 256 g/mol. The topological polar surface area (TPSA) is 71.3 Å². The Hall–Kier alpha value is -1.69. The van der Waals surface area contributed by atoms with E-state index in [1.54, 1.807) is 19.1 Å². The molecule has 1 aromatic rings. The minimum atomic E-state index is -0.381. The van der Waals surface area contributed by atoms with Gasteiger partial charge in [-0.05, 0) is 51.8 Å². The summed E-state index contributed by atoms with van der Waals surface area (Å²) in [4.78, 5) is 17.0. The van der Waals surface area contributed by atoms with Crippen molar-refractivity contribution in [3.63, 3.8) is 0 Å². The molecule has 0 spiro atoms. The molecule has 110 valence electrons. The minimum absolute atomic E-state index is 0.0872. The second kappa shape index (κ2) is 6.65. The van der Waals surface area contributed by atoms with Crippen molar-refractivity contribution in [3.05, 3.63) is 27.9 Å². The highest BCUT2D eigenvalue weighted by molar-refractivity contribution is 5.46. The minimum Gasteiger partial charge on any atom is -0.357 e. The van der Waals surface area contributed by atoms with E-state index in [1.807, 2.05) is 0 Å². The third-order valence-corrected chi connectivity index (χ3v) is 3.82. The average Bonchev–Trinajstić information content (AvgIpc) is 2.45. The molecule has 1 saturated heterocycles. The summed E-state index contributed by atoms with van der Waals surface area (Å²) in [5.41, 5.74) is 0.567. The fourth-order valence-electron chi connectivity index (χ4n) is 2.69. The number of aromatic nitrogens is 1. The van der Waals surface area contributed by atoms with Crippen LogP contribution < -0.4 is 10.2 Å². The molecule has 0 radical (unpaired) electrons. The Bertz CT molecular complexity index is 472. The van der Waals surface area contributed by atoms with Gasteiger partial charge in [0.05, 0.1) is 4.92 Å². The molecule has 1 aliphatic rings. The van der Waals surface area contributed by atoms with Crippen LogP contribution in [0.3, 0.4) is 0 Å². The maximum atomic E-state index is 10.8. The number of pyridine rings is 1. The van der Waals surface area contributed by atoms with Crippen molar-refractivity contribution >= 4 is 11.5 Å². The maximum absolute atomic E-state index is 10.8. The van der Waals surface area contributed by atoms with E-state index in [2.05, 4.69) is 22.1 Å². The summed E-state index contributed by atoms with van der Waals surface area (Å²) in [6, 6.07) is 3.31. The van der Waals surface area contributed by atoms with Gasteiger partial charge in [0.15, 0.2) is 0 Å². The van der Waals surface area contributed by atoms with Crippen molar-refractivity contribution in [1.82, 2.24) is 10.3 Å². The number of rotatable bonds is 5. The van der Waals surface area contributed by atoms with Crippen LogP contribution in [-0.4, -0.2) is 36.1 Å². The van der Waals surface area contributed by atoms with Crippen LogP contribution in [0.1, 0.15) is 25.5 Å². The summed E-state index contributed by atoms with van der Waals surface area (Å²) in [6.45, 7) is 7.75. The Kier molecular flexibility index (Phi) is 4.89. The highest BCUT2D eigenvalue weighted by Crippen LogP contribution is 2.22. The maximum Gasteiger partial charge on any atom is 0.290 e. The number of piperidine rings is 1. The van der Waals surface area contributed by atoms with Gasteiger partial charge in [0, 0.05) is 19.2 Å². The number of hydrogen-bond donors (Lipinski definition) is 1. The first kappa shape index (κ1) is 14.7. The lowest BCUT2D eigenvalue weighted by atomic mass is 9.99. The molecule has 6 heteroatoms. The molecule has 0 amide bonds. The quantitative estimate of drug-likeness (QED) is 0.660. The van der Waals surface area contributed by atoms with Crippen LogP contribution >= 0.6 is 0 Å². The van der Waals surface area contributed by atoms with Gasteiger partial charge in [-0.2, -0.15) is 0 Å². The Labute approximate surface area is 119 Å². The van der Waals surface area contributed by atoms with E-state index in [0.717, 1.165) is 32.0 Å². The number of nitro groups is 1. The zero-order valence-electron chi connectivity index (χ0n) is 12.1. The molecule has 6 nitrogen and oxygen atoms in total. The summed E-state index contributed by atoms with van der Waals surface area (Å²) in [5.74, 6) is 1.46. The number of anilines is 1. The van der Waals surface area contributed by atoms with Gasteiger partial charge in [-0.1, -0.05) is 0 Å². The predicted molar refractivity (Wildman–Crippen MR) is 79.1 cm³/mol. The largest absolute Gasteiger partial charge is 0.357 e. The summed E-state index contributed by atoms with van der Waals surface area (Å²) in [6.07, 6.45) is 2.45. The number of nitrogens with one attached hydrogen (secondary N) is 1. The van der Waals surface area contributed by atoms with Crippen LogP contribution in [0.2, 0.25) is 0 Å². The first-order valence-corrected chi connectivity index (χ1v) is 7.19.